The Hall–Kier alpha value is -2.37. The summed E-state index contributed by atoms with van der Waals surface area (Å²) in [7, 11) is 0. The molecular formula is C21H23N2O3+. The highest BCUT2D eigenvalue weighted by Crippen LogP contribution is 2.30. The van der Waals surface area contributed by atoms with E-state index in [0.717, 1.165) is 37.3 Å². The number of aromatic nitrogens is 1. The third-order valence-electron chi connectivity index (χ3n) is 5.84. The molecule has 0 amide bonds. The van der Waals surface area contributed by atoms with Gasteiger partial charge < -0.3 is 18.5 Å². The van der Waals surface area contributed by atoms with Crippen LogP contribution in [0.15, 0.2) is 48.5 Å². The van der Waals surface area contributed by atoms with Crippen LogP contribution >= 0.6 is 0 Å². The van der Waals surface area contributed by atoms with Gasteiger partial charge in [0.1, 0.15) is 19.6 Å². The molecule has 1 aromatic heterocycles. The van der Waals surface area contributed by atoms with Crippen LogP contribution < -0.4 is 0 Å². The highest BCUT2D eigenvalue weighted by atomic mass is 16.6. The summed E-state index contributed by atoms with van der Waals surface area (Å²) in [6.45, 7) is 5.31. The van der Waals surface area contributed by atoms with E-state index in [0.29, 0.717) is 13.1 Å². The predicted molar refractivity (Wildman–Crippen MR) is 99.9 cm³/mol. The molecule has 5 rings (SSSR count). The van der Waals surface area contributed by atoms with E-state index in [4.69, 9.17) is 9.47 Å². The molecule has 3 aromatic rings. The molecule has 0 N–H and O–H groups in total. The number of carbonyl (C=O) groups excluding carboxylic acids is 1. The zero-order valence-corrected chi connectivity index (χ0v) is 14.8. The Morgan fingerprint density at radius 1 is 0.962 bits per heavy atom. The van der Waals surface area contributed by atoms with Crippen molar-refractivity contribution in [3.63, 3.8) is 0 Å². The summed E-state index contributed by atoms with van der Waals surface area (Å²) in [4.78, 5) is 12.3. The van der Waals surface area contributed by atoms with E-state index in [2.05, 4.69) is 53.1 Å². The smallest absolute Gasteiger partial charge is 0.362 e. The minimum absolute atomic E-state index is 0.0797. The van der Waals surface area contributed by atoms with Gasteiger partial charge in [-0.05, 0) is 12.1 Å². The Morgan fingerprint density at radius 2 is 1.58 bits per heavy atom. The van der Waals surface area contributed by atoms with Crippen LogP contribution in [0.5, 0.6) is 0 Å². The van der Waals surface area contributed by atoms with Crippen LogP contribution in [0.25, 0.3) is 21.8 Å². The Bertz CT molecular complexity index is 918. The second-order valence-electron chi connectivity index (χ2n) is 7.50. The van der Waals surface area contributed by atoms with E-state index in [1.165, 1.54) is 21.8 Å². The van der Waals surface area contributed by atoms with E-state index < -0.39 is 0 Å². The molecule has 0 saturated carbocycles. The van der Waals surface area contributed by atoms with Gasteiger partial charge in [-0.1, -0.05) is 36.4 Å². The monoisotopic (exact) mass is 351 g/mol. The average Bonchev–Trinajstić information content (AvgIpc) is 2.96. The Labute approximate surface area is 152 Å². The number of ether oxygens (including phenoxy) is 2. The fourth-order valence-corrected chi connectivity index (χ4v) is 4.60. The minimum Gasteiger partial charge on any atom is -0.450 e. The highest BCUT2D eigenvalue weighted by Gasteiger charge is 2.42. The lowest BCUT2D eigenvalue weighted by atomic mass is 10.1. The summed E-state index contributed by atoms with van der Waals surface area (Å²) in [5, 5.41) is 2.50. The van der Waals surface area contributed by atoms with Gasteiger partial charge >= 0.3 is 5.97 Å². The van der Waals surface area contributed by atoms with Crippen LogP contribution in [0.4, 0.5) is 0 Å². The minimum atomic E-state index is -0.103. The van der Waals surface area contributed by atoms with Crippen LogP contribution in [0, 0.1) is 0 Å². The summed E-state index contributed by atoms with van der Waals surface area (Å²) in [5.74, 6) is -0.0797. The number of hydrogen-bond acceptors (Lipinski definition) is 3. The van der Waals surface area contributed by atoms with Crippen LogP contribution in [-0.2, 0) is 20.8 Å². The third kappa shape index (κ3) is 2.59. The molecule has 134 valence electrons. The molecule has 2 aliphatic rings. The van der Waals surface area contributed by atoms with Crippen molar-refractivity contribution in [1.29, 1.82) is 0 Å². The van der Waals surface area contributed by atoms with E-state index in [1.54, 1.807) is 0 Å². The van der Waals surface area contributed by atoms with Gasteiger partial charge in [-0.25, -0.2) is 4.79 Å². The molecule has 0 bridgehead atoms. The second-order valence-corrected chi connectivity index (χ2v) is 7.50. The maximum atomic E-state index is 12.3. The zero-order valence-electron chi connectivity index (χ0n) is 14.8. The third-order valence-corrected chi connectivity index (χ3v) is 5.84. The van der Waals surface area contributed by atoms with Crippen LogP contribution in [0.1, 0.15) is 0 Å². The molecule has 1 atom stereocenters. The van der Waals surface area contributed by atoms with Crippen molar-refractivity contribution in [3.8, 4) is 0 Å². The average molecular weight is 351 g/mol. The SMILES string of the molecule is O=C1C[N+]2(CCOCC2)C[C@@H](Cn2c3ccccc3c3ccccc32)O1. The number of quaternary nitrogens is 1. The Balaban J connectivity index is 1.53. The molecule has 2 saturated heterocycles. The Morgan fingerprint density at radius 3 is 2.23 bits per heavy atom. The number of hydrogen-bond donors (Lipinski definition) is 0. The van der Waals surface area contributed by atoms with E-state index in [1.807, 2.05) is 0 Å². The van der Waals surface area contributed by atoms with Gasteiger partial charge in [0, 0.05) is 21.8 Å². The van der Waals surface area contributed by atoms with Gasteiger partial charge in [-0.15, -0.1) is 0 Å². The lowest BCUT2D eigenvalue weighted by Crippen LogP contribution is -2.64. The standard InChI is InChI=1S/C21H23N2O3/c24-21-15-23(9-11-25-12-10-23)14-16(26-21)13-22-19-7-3-1-5-17(19)18-6-2-4-8-20(18)22/h1-8,16H,9-15H2/q+1/t16-/m1/s1. The van der Waals surface area contributed by atoms with Gasteiger partial charge in [0.25, 0.3) is 0 Å². The fourth-order valence-electron chi connectivity index (χ4n) is 4.60. The number of esters is 1. The molecule has 2 fully saturated rings. The van der Waals surface area contributed by atoms with Crippen molar-refractivity contribution in [2.75, 3.05) is 39.4 Å². The van der Waals surface area contributed by atoms with E-state index >= 15 is 0 Å². The number of benzene rings is 2. The number of nitrogens with zero attached hydrogens (tertiary/aromatic N) is 2. The van der Waals surface area contributed by atoms with Crippen LogP contribution in [0.3, 0.4) is 0 Å². The van der Waals surface area contributed by atoms with Crippen molar-refractivity contribution >= 4 is 27.8 Å². The molecule has 26 heavy (non-hydrogen) atoms. The first-order chi connectivity index (χ1) is 12.7. The molecule has 0 radical (unpaired) electrons. The fraction of sp³-hybridized carbons (Fsp3) is 0.381. The maximum Gasteiger partial charge on any atom is 0.362 e. The van der Waals surface area contributed by atoms with Gasteiger partial charge in [-0.3, -0.25) is 0 Å². The van der Waals surface area contributed by atoms with Crippen LogP contribution in [-0.4, -0.2) is 60.5 Å². The number of rotatable bonds is 2. The second kappa shape index (κ2) is 6.11. The number of carbonyl (C=O) groups is 1. The van der Waals surface area contributed by atoms with E-state index in [9.17, 15) is 4.79 Å². The first-order valence-electron chi connectivity index (χ1n) is 9.32. The van der Waals surface area contributed by atoms with E-state index in [-0.39, 0.29) is 12.1 Å². The van der Waals surface area contributed by atoms with Gasteiger partial charge in [0.05, 0.1) is 19.8 Å². The summed E-state index contributed by atoms with van der Waals surface area (Å²) >= 11 is 0. The number of para-hydroxylation sites is 2. The number of morpholine rings is 2. The van der Waals surface area contributed by atoms with Crippen molar-refractivity contribution in [2.45, 2.75) is 12.6 Å². The molecular weight excluding hydrogens is 328 g/mol. The highest BCUT2D eigenvalue weighted by molar-refractivity contribution is 6.07. The van der Waals surface area contributed by atoms with Crippen molar-refractivity contribution < 1.29 is 18.8 Å². The zero-order chi connectivity index (χ0) is 17.6. The topological polar surface area (TPSA) is 40.5 Å². The maximum absolute atomic E-state index is 12.3. The summed E-state index contributed by atoms with van der Waals surface area (Å²) < 4.78 is 14.4. The van der Waals surface area contributed by atoms with Gasteiger partial charge in [0.15, 0.2) is 12.6 Å². The van der Waals surface area contributed by atoms with Crippen molar-refractivity contribution in [1.82, 2.24) is 4.57 Å². The summed E-state index contributed by atoms with van der Waals surface area (Å²) in [5.41, 5.74) is 2.40. The van der Waals surface area contributed by atoms with Crippen LogP contribution in [0.2, 0.25) is 0 Å². The summed E-state index contributed by atoms with van der Waals surface area (Å²) in [6, 6.07) is 16.9. The molecule has 2 aliphatic heterocycles. The van der Waals surface area contributed by atoms with Crippen molar-refractivity contribution in [3.05, 3.63) is 48.5 Å². The number of cyclic esters (lactones) is 1. The largest absolute Gasteiger partial charge is 0.450 e. The number of fused-ring (bicyclic) bond motifs is 3. The van der Waals surface area contributed by atoms with Crippen molar-refractivity contribution in [2.24, 2.45) is 0 Å². The molecule has 2 aromatic carbocycles. The molecule has 5 heteroatoms. The molecule has 5 nitrogen and oxygen atoms in total. The molecule has 3 heterocycles. The lowest BCUT2D eigenvalue weighted by Gasteiger charge is -2.45. The first-order valence-corrected chi connectivity index (χ1v) is 9.32. The summed E-state index contributed by atoms with van der Waals surface area (Å²) in [6.07, 6.45) is -0.103. The van der Waals surface area contributed by atoms with Gasteiger partial charge in [0.2, 0.25) is 0 Å². The molecule has 0 aliphatic carbocycles. The molecule has 1 spiro atoms. The van der Waals surface area contributed by atoms with Gasteiger partial charge in [-0.2, -0.15) is 0 Å². The molecule has 0 unspecified atom stereocenters. The lowest BCUT2D eigenvalue weighted by molar-refractivity contribution is -0.935. The normalized spacial score (nSPS) is 22.8. The Kier molecular flexibility index (Phi) is 3.72. The quantitative estimate of drug-likeness (QED) is 0.526. The predicted octanol–water partition coefficient (Wildman–Crippen LogP) is 2.57. The first kappa shape index (κ1) is 15.9.